The first kappa shape index (κ1) is 27.1. The van der Waals surface area contributed by atoms with E-state index in [0.717, 1.165) is 41.2 Å². The molecule has 1 unspecified atom stereocenters. The molecule has 11 heteroatoms. The molecular weight excluding hydrogens is 515 g/mol. The summed E-state index contributed by atoms with van der Waals surface area (Å²) in [5.41, 5.74) is 9.68. The van der Waals surface area contributed by atoms with E-state index in [4.69, 9.17) is 15.5 Å². The third-order valence-corrected chi connectivity index (χ3v) is 7.16. The van der Waals surface area contributed by atoms with Gasteiger partial charge in [0.2, 0.25) is 5.95 Å². The number of aromatic nitrogens is 3. The number of methoxy groups -OCH3 is 1. The average Bonchev–Trinajstić information content (AvgIpc) is 3.37. The maximum atomic E-state index is 13.7. The molecule has 4 N–H and O–H groups in total. The van der Waals surface area contributed by atoms with E-state index in [9.17, 15) is 19.1 Å². The minimum atomic E-state index is -1.05. The maximum absolute atomic E-state index is 13.7. The van der Waals surface area contributed by atoms with Gasteiger partial charge in [0.15, 0.2) is 0 Å². The summed E-state index contributed by atoms with van der Waals surface area (Å²) in [7, 11) is 1.43. The number of anilines is 1. The summed E-state index contributed by atoms with van der Waals surface area (Å²) in [4.78, 5) is 36.0. The number of halogens is 1. The number of nitrogens with zero attached hydrogens (tertiary/aromatic N) is 4. The molecule has 0 saturated carbocycles. The number of carbonyl (C=O) groups is 2. The highest BCUT2D eigenvalue weighted by Gasteiger charge is 2.30. The number of nitrogen functional groups attached to an aromatic ring is 1. The number of aliphatic hydroxyl groups excluding tert-OH is 1. The molecule has 2 amide bonds. The van der Waals surface area contributed by atoms with Gasteiger partial charge in [0.25, 0.3) is 11.8 Å². The summed E-state index contributed by atoms with van der Waals surface area (Å²) in [6.07, 6.45) is 2.25. The number of hydrogen-bond acceptors (Lipinski definition) is 7. The zero-order valence-electron chi connectivity index (χ0n) is 22.3. The number of ether oxygens (including phenoxy) is 1. The summed E-state index contributed by atoms with van der Waals surface area (Å²) in [5, 5.41) is 12.6. The van der Waals surface area contributed by atoms with Crippen molar-refractivity contribution in [3.8, 4) is 17.1 Å². The highest BCUT2D eigenvalue weighted by Crippen LogP contribution is 2.34. The van der Waals surface area contributed by atoms with E-state index in [2.05, 4.69) is 10.3 Å². The fourth-order valence-corrected chi connectivity index (χ4v) is 5.15. The standard InChI is InChI=1S/C29H31FN6O4/c1-17(37)28(39)35-13-3-4-20(16-35)25-23-11-12-32-29(31)36(23)26(34-25)19-7-5-18(6-8-19)15-33-27(38)22-14-21(30)9-10-24(22)40-2/h5-12,14,17,20,37H,3-4,13,15-16H2,1-2H3,(H2,31,32)(H,33,38)/t17-,20?/m0/s1. The molecule has 2 atom stereocenters. The van der Waals surface area contributed by atoms with Crippen LogP contribution in [0.5, 0.6) is 5.75 Å². The summed E-state index contributed by atoms with van der Waals surface area (Å²) >= 11 is 0. The Morgan fingerprint density at radius 1 is 1.23 bits per heavy atom. The van der Waals surface area contributed by atoms with Gasteiger partial charge in [0.05, 0.1) is 23.9 Å². The second-order valence-electron chi connectivity index (χ2n) is 9.87. The van der Waals surface area contributed by atoms with Gasteiger partial charge in [-0.05, 0) is 49.6 Å². The molecule has 2 aromatic carbocycles. The monoisotopic (exact) mass is 546 g/mol. The van der Waals surface area contributed by atoms with Crippen molar-refractivity contribution in [2.45, 2.75) is 38.3 Å². The maximum Gasteiger partial charge on any atom is 0.255 e. The van der Waals surface area contributed by atoms with Crippen LogP contribution in [-0.4, -0.2) is 62.5 Å². The quantitative estimate of drug-likeness (QED) is 0.324. The fraction of sp³-hybridized carbons (Fsp3) is 0.310. The summed E-state index contributed by atoms with van der Waals surface area (Å²) < 4.78 is 20.7. The number of aliphatic hydroxyl groups is 1. The number of amides is 2. The van der Waals surface area contributed by atoms with E-state index in [1.165, 1.54) is 26.2 Å². The Bertz CT molecular complexity index is 1550. The number of nitrogens with one attached hydrogen (secondary N) is 1. The molecule has 0 bridgehead atoms. The number of likely N-dealkylation sites (tertiary alicyclic amines) is 1. The van der Waals surface area contributed by atoms with Gasteiger partial charge in [0.1, 0.15) is 23.5 Å². The van der Waals surface area contributed by atoms with Gasteiger partial charge >= 0.3 is 0 Å². The molecule has 10 nitrogen and oxygen atoms in total. The third kappa shape index (κ3) is 5.32. The van der Waals surface area contributed by atoms with Crippen LogP contribution in [0.1, 0.15) is 47.3 Å². The lowest BCUT2D eigenvalue weighted by molar-refractivity contribution is -0.140. The van der Waals surface area contributed by atoms with Gasteiger partial charge in [-0.25, -0.2) is 14.4 Å². The molecule has 40 heavy (non-hydrogen) atoms. The van der Waals surface area contributed by atoms with E-state index in [0.29, 0.717) is 30.6 Å². The van der Waals surface area contributed by atoms with Crippen LogP contribution in [-0.2, 0) is 11.3 Å². The van der Waals surface area contributed by atoms with Crippen molar-refractivity contribution in [3.63, 3.8) is 0 Å². The van der Waals surface area contributed by atoms with Gasteiger partial charge in [-0.15, -0.1) is 0 Å². The van der Waals surface area contributed by atoms with Crippen molar-refractivity contribution in [2.24, 2.45) is 0 Å². The molecule has 1 aliphatic rings. The van der Waals surface area contributed by atoms with Crippen LogP contribution in [0.15, 0.2) is 54.7 Å². The van der Waals surface area contributed by atoms with Gasteiger partial charge in [-0.1, -0.05) is 24.3 Å². The van der Waals surface area contributed by atoms with E-state index in [1.807, 2.05) is 30.3 Å². The molecule has 208 valence electrons. The second-order valence-corrected chi connectivity index (χ2v) is 9.87. The molecule has 4 aromatic rings. The number of rotatable bonds is 7. The molecule has 5 rings (SSSR count). The molecule has 2 aromatic heterocycles. The zero-order valence-corrected chi connectivity index (χ0v) is 22.3. The third-order valence-electron chi connectivity index (χ3n) is 7.16. The molecule has 0 spiro atoms. The Kier molecular flexibility index (Phi) is 7.65. The van der Waals surface area contributed by atoms with Gasteiger partial charge in [0, 0.05) is 37.3 Å². The Balaban J connectivity index is 1.38. The zero-order chi connectivity index (χ0) is 28.4. The van der Waals surface area contributed by atoms with E-state index in [-0.39, 0.29) is 23.9 Å². The first-order chi connectivity index (χ1) is 19.3. The highest BCUT2D eigenvalue weighted by atomic mass is 19.1. The number of fused-ring (bicyclic) bond motifs is 1. The SMILES string of the molecule is COc1ccc(F)cc1C(=O)NCc1ccc(-c2nc(C3CCCN(C(=O)[C@H](C)O)C3)c3ccnc(N)n23)cc1. The largest absolute Gasteiger partial charge is 0.496 e. The smallest absolute Gasteiger partial charge is 0.255 e. The Labute approximate surface area is 230 Å². The summed E-state index contributed by atoms with van der Waals surface area (Å²) in [5.74, 6) is -0.0678. The van der Waals surface area contributed by atoms with Crippen LogP contribution in [0.4, 0.5) is 10.3 Å². The van der Waals surface area contributed by atoms with Crippen LogP contribution in [0, 0.1) is 5.82 Å². The second kappa shape index (κ2) is 11.3. The molecule has 0 radical (unpaired) electrons. The van der Waals surface area contributed by atoms with Crippen LogP contribution in [0.2, 0.25) is 0 Å². The minimum Gasteiger partial charge on any atom is -0.496 e. The normalized spacial score (nSPS) is 16.1. The Morgan fingerprint density at radius 2 is 2.00 bits per heavy atom. The topological polar surface area (TPSA) is 135 Å². The molecule has 0 aliphatic carbocycles. The van der Waals surface area contributed by atoms with Gasteiger partial charge in [-0.3, -0.25) is 14.0 Å². The van der Waals surface area contributed by atoms with Crippen molar-refractivity contribution in [1.29, 1.82) is 0 Å². The predicted molar refractivity (Wildman–Crippen MR) is 147 cm³/mol. The minimum absolute atomic E-state index is 0.0173. The number of imidazole rings is 1. The summed E-state index contributed by atoms with van der Waals surface area (Å²) in [6.45, 7) is 2.78. The van der Waals surface area contributed by atoms with Crippen molar-refractivity contribution in [2.75, 3.05) is 25.9 Å². The summed E-state index contributed by atoms with van der Waals surface area (Å²) in [6, 6.07) is 13.2. The number of hydrogen-bond donors (Lipinski definition) is 3. The lowest BCUT2D eigenvalue weighted by atomic mass is 9.94. The van der Waals surface area contributed by atoms with Crippen molar-refractivity contribution < 1.29 is 23.8 Å². The van der Waals surface area contributed by atoms with E-state index in [1.54, 1.807) is 15.5 Å². The van der Waals surface area contributed by atoms with E-state index < -0.39 is 17.8 Å². The fourth-order valence-electron chi connectivity index (χ4n) is 5.15. The van der Waals surface area contributed by atoms with Crippen LogP contribution in [0.25, 0.3) is 16.9 Å². The molecule has 3 heterocycles. The number of piperidine rings is 1. The molecule has 1 fully saturated rings. The molecule has 1 saturated heterocycles. The predicted octanol–water partition coefficient (Wildman–Crippen LogP) is 3.14. The van der Waals surface area contributed by atoms with Crippen molar-refractivity contribution >= 4 is 23.3 Å². The Morgan fingerprint density at radius 3 is 2.73 bits per heavy atom. The number of benzene rings is 2. The number of carbonyl (C=O) groups excluding carboxylic acids is 2. The first-order valence-electron chi connectivity index (χ1n) is 13.1. The van der Waals surface area contributed by atoms with E-state index >= 15 is 0 Å². The molecule has 1 aliphatic heterocycles. The van der Waals surface area contributed by atoms with Crippen LogP contribution in [0.3, 0.4) is 0 Å². The van der Waals surface area contributed by atoms with Crippen molar-refractivity contribution in [3.05, 3.63) is 77.4 Å². The first-order valence-corrected chi connectivity index (χ1v) is 13.1. The average molecular weight is 547 g/mol. The lowest BCUT2D eigenvalue weighted by Crippen LogP contribution is -2.43. The highest BCUT2D eigenvalue weighted by molar-refractivity contribution is 5.96. The van der Waals surface area contributed by atoms with Gasteiger partial charge in [-0.2, -0.15) is 0 Å². The Hall–Kier alpha value is -4.51. The number of nitrogens with two attached hydrogens (primary N) is 1. The lowest BCUT2D eigenvalue weighted by Gasteiger charge is -2.33. The van der Waals surface area contributed by atoms with Crippen molar-refractivity contribution in [1.82, 2.24) is 24.6 Å². The van der Waals surface area contributed by atoms with Crippen LogP contribution >= 0.6 is 0 Å². The molecular formula is C29H31FN6O4. The van der Waals surface area contributed by atoms with Gasteiger partial charge < -0.3 is 25.8 Å². The van der Waals surface area contributed by atoms with Crippen LogP contribution < -0.4 is 15.8 Å².